The van der Waals surface area contributed by atoms with Gasteiger partial charge in [0.25, 0.3) is 5.56 Å². The molecule has 4 nitrogen and oxygen atoms in total. The number of allylic oxidation sites excluding steroid dienone is 1. The molecule has 0 amide bonds. The molecule has 0 unspecified atom stereocenters. The summed E-state index contributed by atoms with van der Waals surface area (Å²) in [6.45, 7) is 1.76. The van der Waals surface area contributed by atoms with Crippen LogP contribution in [0.2, 0.25) is 0 Å². The summed E-state index contributed by atoms with van der Waals surface area (Å²) >= 11 is 1.35. The molecule has 0 radical (unpaired) electrons. The zero-order valence-electron chi connectivity index (χ0n) is 11.3. The minimum absolute atomic E-state index is 0.150. The zero-order valence-corrected chi connectivity index (χ0v) is 12.1. The van der Waals surface area contributed by atoms with Crippen molar-refractivity contribution >= 4 is 27.3 Å². The molecule has 0 saturated heterocycles. The molecule has 0 spiro atoms. The predicted octanol–water partition coefficient (Wildman–Crippen LogP) is 3.68. The van der Waals surface area contributed by atoms with E-state index in [1.165, 1.54) is 17.4 Å². The lowest BCUT2D eigenvalue weighted by Crippen LogP contribution is -2.16. The molecule has 3 rings (SSSR count). The molecule has 0 aliphatic heterocycles. The average molecular weight is 299 g/mol. The standard InChI is InChI=1S/C16H13NO3S/c1-2-13(19)14-9-10-3-8-15(20)17(16(10)21-14)11-4-6-12(18)7-5-11/h2-9,18-19H,1H3/b13-2+. The molecule has 2 N–H and O–H groups in total. The number of phenolic OH excluding ortho intramolecular Hbond substituents is 1. The molecule has 0 fully saturated rings. The van der Waals surface area contributed by atoms with E-state index in [0.717, 1.165) is 10.2 Å². The van der Waals surface area contributed by atoms with Crippen molar-refractivity contribution in [2.75, 3.05) is 0 Å². The van der Waals surface area contributed by atoms with Gasteiger partial charge in [0.2, 0.25) is 0 Å². The van der Waals surface area contributed by atoms with E-state index in [2.05, 4.69) is 0 Å². The van der Waals surface area contributed by atoms with Gasteiger partial charge in [-0.15, -0.1) is 11.3 Å². The Morgan fingerprint density at radius 1 is 1.19 bits per heavy atom. The number of fused-ring (bicyclic) bond motifs is 1. The minimum atomic E-state index is -0.151. The van der Waals surface area contributed by atoms with E-state index in [9.17, 15) is 15.0 Å². The normalized spacial score (nSPS) is 12.0. The Labute approximate surface area is 124 Å². The van der Waals surface area contributed by atoms with Crippen molar-refractivity contribution in [3.05, 3.63) is 63.8 Å². The maximum atomic E-state index is 12.2. The van der Waals surface area contributed by atoms with Crippen LogP contribution in [0, 0.1) is 0 Å². The van der Waals surface area contributed by atoms with Crippen LogP contribution in [0.4, 0.5) is 0 Å². The molecular weight excluding hydrogens is 286 g/mol. The number of aliphatic hydroxyl groups is 1. The molecule has 1 aromatic carbocycles. The SMILES string of the molecule is C/C=C(/O)c1cc2ccc(=O)n(-c3ccc(O)cc3)c2s1. The number of hydrogen-bond donors (Lipinski definition) is 2. The maximum Gasteiger partial charge on any atom is 0.256 e. The van der Waals surface area contributed by atoms with Crippen LogP contribution in [0.3, 0.4) is 0 Å². The third kappa shape index (κ3) is 2.32. The smallest absolute Gasteiger partial charge is 0.256 e. The highest BCUT2D eigenvalue weighted by Gasteiger charge is 2.11. The number of aliphatic hydroxyl groups excluding tert-OH is 1. The van der Waals surface area contributed by atoms with Crippen molar-refractivity contribution in [3.8, 4) is 11.4 Å². The van der Waals surface area contributed by atoms with E-state index >= 15 is 0 Å². The Balaban J connectivity index is 2.30. The third-order valence-electron chi connectivity index (χ3n) is 3.20. The molecule has 0 bridgehead atoms. The van der Waals surface area contributed by atoms with E-state index in [0.29, 0.717) is 10.6 Å². The fourth-order valence-corrected chi connectivity index (χ4v) is 3.29. The fraction of sp³-hybridized carbons (Fsp3) is 0.0625. The van der Waals surface area contributed by atoms with Crippen LogP contribution < -0.4 is 5.56 Å². The Kier molecular flexibility index (Phi) is 3.27. The lowest BCUT2D eigenvalue weighted by molar-refractivity contribution is 0.475. The van der Waals surface area contributed by atoms with Gasteiger partial charge in [-0.3, -0.25) is 9.36 Å². The van der Waals surface area contributed by atoms with Crippen LogP contribution in [-0.2, 0) is 0 Å². The average Bonchev–Trinajstić information content (AvgIpc) is 2.91. The van der Waals surface area contributed by atoms with E-state index in [-0.39, 0.29) is 17.1 Å². The molecule has 0 aliphatic carbocycles. The summed E-state index contributed by atoms with van der Waals surface area (Å²) in [5.41, 5.74) is 0.526. The van der Waals surface area contributed by atoms with Crippen molar-refractivity contribution < 1.29 is 10.2 Å². The molecule has 0 atom stereocenters. The highest BCUT2D eigenvalue weighted by atomic mass is 32.1. The van der Waals surface area contributed by atoms with Gasteiger partial charge in [0.15, 0.2) is 0 Å². The first-order valence-electron chi connectivity index (χ1n) is 6.41. The molecule has 21 heavy (non-hydrogen) atoms. The first kappa shape index (κ1) is 13.5. The molecule has 5 heteroatoms. The predicted molar refractivity (Wildman–Crippen MR) is 85.4 cm³/mol. The van der Waals surface area contributed by atoms with Crippen molar-refractivity contribution in [3.63, 3.8) is 0 Å². The van der Waals surface area contributed by atoms with E-state index in [4.69, 9.17) is 0 Å². The lowest BCUT2D eigenvalue weighted by atomic mass is 10.2. The molecule has 3 aromatic rings. The second-order valence-corrected chi connectivity index (χ2v) is 5.60. The number of nitrogens with zero attached hydrogens (tertiary/aromatic N) is 1. The fourth-order valence-electron chi connectivity index (χ4n) is 2.14. The Hall–Kier alpha value is -2.53. The molecule has 0 aliphatic rings. The van der Waals surface area contributed by atoms with Gasteiger partial charge >= 0.3 is 0 Å². The monoisotopic (exact) mass is 299 g/mol. The zero-order chi connectivity index (χ0) is 15.0. The van der Waals surface area contributed by atoms with E-state index < -0.39 is 0 Å². The number of benzene rings is 1. The van der Waals surface area contributed by atoms with Gasteiger partial charge in [-0.2, -0.15) is 0 Å². The largest absolute Gasteiger partial charge is 0.508 e. The van der Waals surface area contributed by atoms with Crippen molar-refractivity contribution in [2.24, 2.45) is 0 Å². The van der Waals surface area contributed by atoms with Crippen LogP contribution in [0.15, 0.2) is 53.3 Å². The van der Waals surface area contributed by atoms with Crippen LogP contribution in [0.1, 0.15) is 11.8 Å². The highest BCUT2D eigenvalue weighted by molar-refractivity contribution is 7.19. The van der Waals surface area contributed by atoms with Gasteiger partial charge in [0, 0.05) is 11.5 Å². The maximum absolute atomic E-state index is 12.2. The van der Waals surface area contributed by atoms with Gasteiger partial charge in [0.05, 0.1) is 10.6 Å². The van der Waals surface area contributed by atoms with Gasteiger partial charge in [0.1, 0.15) is 16.3 Å². The molecule has 2 aromatic heterocycles. The van der Waals surface area contributed by atoms with E-state index in [1.807, 2.05) is 6.07 Å². The Morgan fingerprint density at radius 3 is 2.57 bits per heavy atom. The van der Waals surface area contributed by atoms with Crippen molar-refractivity contribution in [2.45, 2.75) is 6.92 Å². The third-order valence-corrected chi connectivity index (χ3v) is 4.36. The van der Waals surface area contributed by atoms with Crippen molar-refractivity contribution in [1.29, 1.82) is 0 Å². The van der Waals surface area contributed by atoms with Gasteiger partial charge in [-0.05, 0) is 49.4 Å². The van der Waals surface area contributed by atoms with Crippen LogP contribution in [0.25, 0.3) is 21.7 Å². The summed E-state index contributed by atoms with van der Waals surface area (Å²) in [6.07, 6.45) is 1.62. The molecular formula is C16H13NO3S. The first-order chi connectivity index (χ1) is 10.1. The lowest BCUT2D eigenvalue weighted by Gasteiger charge is -2.06. The number of aromatic hydroxyl groups is 1. The molecule has 2 heterocycles. The quantitative estimate of drug-likeness (QED) is 0.710. The molecule has 106 valence electrons. The second-order valence-electron chi connectivity index (χ2n) is 4.57. The number of pyridine rings is 1. The highest BCUT2D eigenvalue weighted by Crippen LogP contribution is 2.30. The Morgan fingerprint density at radius 2 is 1.90 bits per heavy atom. The summed E-state index contributed by atoms with van der Waals surface area (Å²) in [6, 6.07) is 11.6. The van der Waals surface area contributed by atoms with Crippen LogP contribution in [-0.4, -0.2) is 14.8 Å². The number of rotatable bonds is 2. The summed E-state index contributed by atoms with van der Waals surface area (Å²) in [5.74, 6) is 0.346. The van der Waals surface area contributed by atoms with Gasteiger partial charge in [-0.1, -0.05) is 0 Å². The van der Waals surface area contributed by atoms with E-state index in [1.54, 1.807) is 47.9 Å². The van der Waals surface area contributed by atoms with Gasteiger partial charge in [-0.25, -0.2) is 0 Å². The van der Waals surface area contributed by atoms with Crippen molar-refractivity contribution in [1.82, 2.24) is 4.57 Å². The summed E-state index contributed by atoms with van der Waals surface area (Å²) in [5, 5.41) is 20.1. The summed E-state index contributed by atoms with van der Waals surface area (Å²) in [7, 11) is 0. The van der Waals surface area contributed by atoms with Crippen LogP contribution >= 0.6 is 11.3 Å². The van der Waals surface area contributed by atoms with Gasteiger partial charge < -0.3 is 10.2 Å². The summed E-state index contributed by atoms with van der Waals surface area (Å²) in [4.78, 5) is 13.7. The topological polar surface area (TPSA) is 62.5 Å². The number of aromatic nitrogens is 1. The molecule has 0 saturated carbocycles. The number of phenols is 1. The number of thiophene rings is 1. The van der Waals surface area contributed by atoms with Crippen LogP contribution in [0.5, 0.6) is 5.75 Å². The number of hydrogen-bond acceptors (Lipinski definition) is 4. The second kappa shape index (κ2) is 5.10. The Bertz CT molecular complexity index is 888. The first-order valence-corrected chi connectivity index (χ1v) is 7.22. The minimum Gasteiger partial charge on any atom is -0.508 e. The summed E-state index contributed by atoms with van der Waals surface area (Å²) < 4.78 is 1.58.